The number of hydrogen-bond acceptors (Lipinski definition) is 6. The van der Waals surface area contributed by atoms with Gasteiger partial charge in [-0.15, -0.1) is 10.2 Å². The van der Waals surface area contributed by atoms with E-state index in [-0.39, 0.29) is 0 Å². The smallest absolute Gasteiger partial charge is 0.257 e. The summed E-state index contributed by atoms with van der Waals surface area (Å²) in [5.41, 5.74) is 10.7. The molecular formula is C23H32N4OS. The van der Waals surface area contributed by atoms with Crippen molar-refractivity contribution >= 4 is 27.3 Å². The summed E-state index contributed by atoms with van der Waals surface area (Å²) in [6.45, 7) is 17.9. The Morgan fingerprint density at radius 1 is 1.24 bits per heavy atom. The summed E-state index contributed by atoms with van der Waals surface area (Å²) < 4.78 is 5.90. The van der Waals surface area contributed by atoms with Crippen molar-refractivity contribution in [3.8, 4) is 0 Å². The Hall–Kier alpha value is -2.60. The highest BCUT2D eigenvalue weighted by molar-refractivity contribution is 8.22. The first-order chi connectivity index (χ1) is 13.9. The van der Waals surface area contributed by atoms with Gasteiger partial charge >= 0.3 is 0 Å². The zero-order chi connectivity index (χ0) is 22.0. The maximum atomic E-state index is 6.34. The minimum Gasteiger partial charge on any atom is -0.415 e. The first-order valence-electron chi connectivity index (χ1n) is 9.84. The SMILES string of the molecule is C=C(C)/C(=C\C=C/C)c1nnc(C2=C(N)C(=C\C)/C(=N\C=C(\C)CC)S2)o1.CC. The number of hydrogen-bond donors (Lipinski definition) is 1. The van der Waals surface area contributed by atoms with Crippen molar-refractivity contribution in [2.45, 2.75) is 54.9 Å². The van der Waals surface area contributed by atoms with Crippen LogP contribution in [0, 0.1) is 0 Å². The number of aromatic nitrogens is 2. The van der Waals surface area contributed by atoms with Gasteiger partial charge < -0.3 is 10.2 Å². The van der Waals surface area contributed by atoms with E-state index in [1.54, 1.807) is 0 Å². The van der Waals surface area contributed by atoms with E-state index in [9.17, 15) is 0 Å². The van der Waals surface area contributed by atoms with E-state index in [4.69, 9.17) is 10.2 Å². The zero-order valence-corrected chi connectivity index (χ0v) is 19.4. The van der Waals surface area contributed by atoms with Gasteiger partial charge in [-0.2, -0.15) is 0 Å². The normalized spacial score (nSPS) is 18.0. The van der Waals surface area contributed by atoms with Gasteiger partial charge in [0, 0.05) is 17.3 Å². The van der Waals surface area contributed by atoms with Crippen LogP contribution in [0.4, 0.5) is 0 Å². The third kappa shape index (κ3) is 6.19. The number of nitrogens with zero attached hydrogens (tertiary/aromatic N) is 3. The molecule has 0 spiro atoms. The first kappa shape index (κ1) is 24.4. The molecule has 2 rings (SSSR count). The largest absolute Gasteiger partial charge is 0.415 e. The molecule has 1 aromatic heterocycles. The van der Waals surface area contributed by atoms with E-state index in [0.717, 1.165) is 33.1 Å². The van der Waals surface area contributed by atoms with Gasteiger partial charge in [0.1, 0.15) is 9.95 Å². The molecule has 2 heterocycles. The Kier molecular flexibility index (Phi) is 10.2. The summed E-state index contributed by atoms with van der Waals surface area (Å²) in [4.78, 5) is 5.32. The molecule has 0 fully saturated rings. The van der Waals surface area contributed by atoms with Crippen LogP contribution in [0.15, 0.2) is 68.9 Å². The summed E-state index contributed by atoms with van der Waals surface area (Å²) in [6, 6.07) is 0. The lowest BCUT2D eigenvalue weighted by molar-refractivity contribution is 0.527. The van der Waals surface area contributed by atoms with Crippen molar-refractivity contribution in [2.24, 2.45) is 10.7 Å². The predicted molar refractivity (Wildman–Crippen MR) is 127 cm³/mol. The van der Waals surface area contributed by atoms with E-state index in [0.29, 0.717) is 17.5 Å². The number of rotatable bonds is 6. The first-order valence-corrected chi connectivity index (χ1v) is 10.7. The predicted octanol–water partition coefficient (Wildman–Crippen LogP) is 6.66. The molecule has 0 radical (unpaired) electrons. The molecule has 1 aromatic rings. The highest BCUT2D eigenvalue weighted by atomic mass is 32.2. The van der Waals surface area contributed by atoms with Crippen LogP contribution >= 0.6 is 11.8 Å². The van der Waals surface area contributed by atoms with Crippen LogP contribution in [0.25, 0.3) is 10.5 Å². The Balaban J connectivity index is 0.00000204. The number of nitrogens with two attached hydrogens (primary N) is 1. The third-order valence-electron chi connectivity index (χ3n) is 3.98. The minimum absolute atomic E-state index is 0.390. The monoisotopic (exact) mass is 412 g/mol. The van der Waals surface area contributed by atoms with Gasteiger partial charge in [0.15, 0.2) is 0 Å². The maximum absolute atomic E-state index is 6.34. The molecular weight excluding hydrogens is 380 g/mol. The van der Waals surface area contributed by atoms with Crippen molar-refractivity contribution < 1.29 is 4.42 Å². The van der Waals surface area contributed by atoms with Crippen molar-refractivity contribution in [1.29, 1.82) is 0 Å². The topological polar surface area (TPSA) is 77.3 Å². The molecule has 156 valence electrons. The number of aliphatic imine (C=N–C) groups is 1. The Morgan fingerprint density at radius 2 is 1.93 bits per heavy atom. The summed E-state index contributed by atoms with van der Waals surface area (Å²) in [6.07, 6.45) is 10.5. The lowest BCUT2D eigenvalue weighted by atomic mass is 10.1. The van der Waals surface area contributed by atoms with Crippen LogP contribution in [0.3, 0.4) is 0 Å². The Morgan fingerprint density at radius 3 is 2.48 bits per heavy atom. The lowest BCUT2D eigenvalue weighted by Gasteiger charge is -1.99. The van der Waals surface area contributed by atoms with Crippen LogP contribution in [0.2, 0.25) is 0 Å². The quantitative estimate of drug-likeness (QED) is 0.528. The molecule has 0 atom stereocenters. The van der Waals surface area contributed by atoms with E-state index in [1.165, 1.54) is 17.3 Å². The highest BCUT2D eigenvalue weighted by Crippen LogP contribution is 2.42. The molecule has 0 amide bonds. The van der Waals surface area contributed by atoms with Gasteiger partial charge in [0.25, 0.3) is 5.89 Å². The molecule has 0 aliphatic carbocycles. The minimum atomic E-state index is 0.390. The average molecular weight is 413 g/mol. The second-order valence-electron chi connectivity index (χ2n) is 6.11. The lowest BCUT2D eigenvalue weighted by Crippen LogP contribution is -2.02. The highest BCUT2D eigenvalue weighted by Gasteiger charge is 2.29. The molecule has 1 aliphatic heterocycles. The number of allylic oxidation sites excluding steroid dienone is 8. The van der Waals surface area contributed by atoms with Crippen molar-refractivity contribution in [3.05, 3.63) is 71.3 Å². The van der Waals surface area contributed by atoms with Crippen molar-refractivity contribution in [2.75, 3.05) is 0 Å². The summed E-state index contributed by atoms with van der Waals surface area (Å²) in [7, 11) is 0. The Bertz CT molecular complexity index is 911. The summed E-state index contributed by atoms with van der Waals surface area (Å²) >= 11 is 1.45. The molecule has 0 bridgehead atoms. The average Bonchev–Trinajstić information content (AvgIpc) is 3.32. The zero-order valence-electron chi connectivity index (χ0n) is 18.5. The van der Waals surface area contributed by atoms with E-state index in [1.807, 2.05) is 65.1 Å². The molecule has 6 heteroatoms. The molecule has 0 saturated carbocycles. The van der Waals surface area contributed by atoms with Crippen LogP contribution in [-0.4, -0.2) is 15.2 Å². The van der Waals surface area contributed by atoms with Crippen LogP contribution in [0.1, 0.15) is 66.7 Å². The molecule has 0 saturated heterocycles. The summed E-state index contributed by atoms with van der Waals surface area (Å²) in [5, 5.41) is 9.21. The number of thioether (sulfide) groups is 1. The molecule has 2 N–H and O–H groups in total. The van der Waals surface area contributed by atoms with Crippen LogP contribution in [0.5, 0.6) is 0 Å². The van der Waals surface area contributed by atoms with Crippen molar-refractivity contribution in [3.63, 3.8) is 0 Å². The van der Waals surface area contributed by atoms with Gasteiger partial charge in [0.2, 0.25) is 5.89 Å². The molecule has 1 aliphatic rings. The van der Waals surface area contributed by atoms with Crippen LogP contribution in [-0.2, 0) is 0 Å². The third-order valence-corrected chi connectivity index (χ3v) is 5.09. The van der Waals surface area contributed by atoms with E-state index >= 15 is 0 Å². The fourth-order valence-electron chi connectivity index (χ4n) is 2.25. The maximum Gasteiger partial charge on any atom is 0.257 e. The van der Waals surface area contributed by atoms with Gasteiger partial charge in [-0.05, 0) is 45.8 Å². The Labute approximate surface area is 179 Å². The van der Waals surface area contributed by atoms with Gasteiger partial charge in [-0.3, -0.25) is 0 Å². The van der Waals surface area contributed by atoms with Gasteiger partial charge in [-0.1, -0.05) is 62.9 Å². The van der Waals surface area contributed by atoms with Crippen LogP contribution < -0.4 is 5.73 Å². The second-order valence-corrected chi connectivity index (χ2v) is 7.11. The van der Waals surface area contributed by atoms with Gasteiger partial charge in [-0.25, -0.2) is 4.99 Å². The fraction of sp³-hybridized carbons (Fsp3) is 0.348. The van der Waals surface area contributed by atoms with Gasteiger partial charge in [0.05, 0.1) is 5.70 Å². The van der Waals surface area contributed by atoms with Crippen molar-refractivity contribution in [1.82, 2.24) is 10.2 Å². The molecule has 0 aromatic carbocycles. The standard InChI is InChI=1S/C21H26N4OS.C2H6/c1-7-10-11-16(13(4)5)19-24-25-20(26-19)18-17(22)15(9-3)21(27-18)23-12-14(6)8-2;1-2/h7,9-12H,4,8,22H2,1-3,5-6H3;1-2H3/b10-7-,14-12-,15-9+,16-11+,23-21+;. The molecule has 5 nitrogen and oxygen atoms in total. The molecule has 0 unspecified atom stereocenters. The second kappa shape index (κ2) is 12.1. The molecule has 29 heavy (non-hydrogen) atoms. The fourth-order valence-corrected chi connectivity index (χ4v) is 3.28. The van der Waals surface area contributed by atoms with E-state index < -0.39 is 0 Å². The summed E-state index contributed by atoms with van der Waals surface area (Å²) in [5.74, 6) is 0.812. The van der Waals surface area contributed by atoms with E-state index in [2.05, 4.69) is 35.6 Å².